The number of aromatic nitrogens is 3. The molecule has 0 unspecified atom stereocenters. The quantitative estimate of drug-likeness (QED) is 0.736. The summed E-state index contributed by atoms with van der Waals surface area (Å²) in [4.78, 5) is 4.00. The van der Waals surface area contributed by atoms with Gasteiger partial charge in [0.05, 0.1) is 23.7 Å². The van der Waals surface area contributed by atoms with E-state index in [2.05, 4.69) is 14.8 Å². The fourth-order valence-corrected chi connectivity index (χ4v) is 3.75. The van der Waals surface area contributed by atoms with Crippen molar-refractivity contribution < 1.29 is 8.42 Å². The number of nitrogens with zero attached hydrogens (tertiary/aromatic N) is 3. The van der Waals surface area contributed by atoms with E-state index in [1.54, 1.807) is 17.1 Å². The van der Waals surface area contributed by atoms with E-state index in [0.29, 0.717) is 5.69 Å². The van der Waals surface area contributed by atoms with Crippen LogP contribution in [0.3, 0.4) is 0 Å². The standard InChI is InChI=1S/C18H20N4O2S/c1-14-4-3-5-15(10-14)13-25(23,24)20-12-17-11-18(22(2)21-17)16-6-8-19-9-7-16/h3-11,20H,12-13H2,1-2H3. The Morgan fingerprint density at radius 1 is 1.12 bits per heavy atom. The summed E-state index contributed by atoms with van der Waals surface area (Å²) < 4.78 is 28.9. The lowest BCUT2D eigenvalue weighted by Gasteiger charge is -2.06. The van der Waals surface area contributed by atoms with Gasteiger partial charge in [-0.05, 0) is 30.7 Å². The van der Waals surface area contributed by atoms with Crippen LogP contribution >= 0.6 is 0 Å². The van der Waals surface area contributed by atoms with Crippen molar-refractivity contribution in [1.82, 2.24) is 19.5 Å². The molecule has 0 bridgehead atoms. The Kier molecular flexibility index (Phi) is 4.96. The molecule has 25 heavy (non-hydrogen) atoms. The summed E-state index contributed by atoms with van der Waals surface area (Å²) >= 11 is 0. The van der Waals surface area contributed by atoms with Gasteiger partial charge in [0.2, 0.25) is 10.0 Å². The lowest BCUT2D eigenvalue weighted by atomic mass is 10.2. The van der Waals surface area contributed by atoms with Gasteiger partial charge in [0.25, 0.3) is 0 Å². The van der Waals surface area contributed by atoms with Gasteiger partial charge < -0.3 is 0 Å². The zero-order valence-electron chi connectivity index (χ0n) is 14.2. The Balaban J connectivity index is 1.69. The molecular formula is C18H20N4O2S. The molecule has 3 rings (SSSR count). The molecule has 6 nitrogen and oxygen atoms in total. The molecule has 0 aliphatic carbocycles. The second-order valence-corrected chi connectivity index (χ2v) is 7.76. The van der Waals surface area contributed by atoms with E-state index < -0.39 is 10.0 Å². The molecule has 2 aromatic heterocycles. The predicted molar refractivity (Wildman–Crippen MR) is 97.1 cm³/mol. The maximum atomic E-state index is 12.3. The normalized spacial score (nSPS) is 11.6. The van der Waals surface area contributed by atoms with Gasteiger partial charge in [-0.3, -0.25) is 9.67 Å². The molecule has 0 spiro atoms. The third-order valence-corrected chi connectivity index (χ3v) is 5.12. The molecule has 0 saturated heterocycles. The Morgan fingerprint density at radius 2 is 1.88 bits per heavy atom. The van der Waals surface area contributed by atoms with Crippen molar-refractivity contribution in [3.63, 3.8) is 0 Å². The monoisotopic (exact) mass is 356 g/mol. The number of benzene rings is 1. The largest absolute Gasteiger partial charge is 0.268 e. The first kappa shape index (κ1) is 17.3. The molecule has 1 N–H and O–H groups in total. The summed E-state index contributed by atoms with van der Waals surface area (Å²) in [7, 11) is -1.59. The third kappa shape index (κ3) is 4.52. The van der Waals surface area contributed by atoms with Gasteiger partial charge in [0, 0.05) is 25.0 Å². The van der Waals surface area contributed by atoms with Crippen LogP contribution in [0.15, 0.2) is 54.9 Å². The molecule has 0 atom stereocenters. The summed E-state index contributed by atoms with van der Waals surface area (Å²) in [5.41, 5.74) is 4.38. The summed E-state index contributed by atoms with van der Waals surface area (Å²) in [5.74, 6) is -0.0429. The van der Waals surface area contributed by atoms with E-state index >= 15 is 0 Å². The number of pyridine rings is 1. The van der Waals surface area contributed by atoms with Gasteiger partial charge in [-0.1, -0.05) is 29.8 Å². The smallest absolute Gasteiger partial charge is 0.216 e. The zero-order valence-corrected chi connectivity index (χ0v) is 15.0. The van der Waals surface area contributed by atoms with Crippen LogP contribution in [0.2, 0.25) is 0 Å². The van der Waals surface area contributed by atoms with Gasteiger partial charge in [0.15, 0.2) is 0 Å². The molecule has 1 aromatic carbocycles. The molecule has 0 saturated carbocycles. The number of nitrogens with one attached hydrogen (secondary N) is 1. The van der Waals surface area contributed by atoms with Gasteiger partial charge in [0.1, 0.15) is 0 Å². The van der Waals surface area contributed by atoms with Crippen LogP contribution in [0.5, 0.6) is 0 Å². The van der Waals surface area contributed by atoms with Crippen molar-refractivity contribution in [1.29, 1.82) is 0 Å². The molecule has 7 heteroatoms. The van der Waals surface area contributed by atoms with E-state index in [1.807, 2.05) is 56.4 Å². The second-order valence-electron chi connectivity index (χ2n) is 5.95. The number of rotatable bonds is 6. The fraction of sp³-hybridized carbons (Fsp3) is 0.222. The van der Waals surface area contributed by atoms with Crippen LogP contribution in [0.1, 0.15) is 16.8 Å². The van der Waals surface area contributed by atoms with Crippen molar-refractivity contribution >= 4 is 10.0 Å². The Bertz CT molecular complexity index is 966. The van der Waals surface area contributed by atoms with E-state index in [9.17, 15) is 8.42 Å². The van der Waals surface area contributed by atoms with E-state index in [1.165, 1.54) is 0 Å². The van der Waals surface area contributed by atoms with Crippen LogP contribution in [0.25, 0.3) is 11.3 Å². The molecule has 0 aliphatic rings. The number of hydrogen-bond acceptors (Lipinski definition) is 4. The number of hydrogen-bond donors (Lipinski definition) is 1. The van der Waals surface area contributed by atoms with Gasteiger partial charge in [-0.2, -0.15) is 5.10 Å². The van der Waals surface area contributed by atoms with Crippen LogP contribution in [0, 0.1) is 6.92 Å². The van der Waals surface area contributed by atoms with Crippen LogP contribution in [-0.4, -0.2) is 23.2 Å². The summed E-state index contributed by atoms with van der Waals surface area (Å²) in [5, 5.41) is 4.38. The molecule has 3 aromatic rings. The number of aryl methyl sites for hydroxylation is 2. The average molecular weight is 356 g/mol. The molecule has 0 fully saturated rings. The first-order valence-electron chi connectivity index (χ1n) is 7.89. The Hall–Kier alpha value is -2.51. The summed E-state index contributed by atoms with van der Waals surface area (Å²) in [6.45, 7) is 2.10. The maximum Gasteiger partial charge on any atom is 0.216 e. The molecule has 0 aliphatic heterocycles. The van der Waals surface area contributed by atoms with E-state index in [4.69, 9.17) is 0 Å². The molecule has 0 radical (unpaired) electrons. The minimum atomic E-state index is -3.43. The highest BCUT2D eigenvalue weighted by Crippen LogP contribution is 2.19. The third-order valence-electron chi connectivity index (χ3n) is 3.82. The Labute approximate surface area is 147 Å². The predicted octanol–water partition coefficient (Wildman–Crippen LogP) is 2.41. The average Bonchev–Trinajstić information content (AvgIpc) is 2.95. The van der Waals surface area contributed by atoms with Crippen LogP contribution in [-0.2, 0) is 29.4 Å². The van der Waals surface area contributed by atoms with E-state index in [0.717, 1.165) is 22.4 Å². The van der Waals surface area contributed by atoms with Gasteiger partial charge in [-0.15, -0.1) is 0 Å². The van der Waals surface area contributed by atoms with Crippen LogP contribution < -0.4 is 4.72 Å². The fourth-order valence-electron chi connectivity index (χ4n) is 2.66. The first-order chi connectivity index (χ1) is 11.9. The highest BCUT2D eigenvalue weighted by Gasteiger charge is 2.14. The molecule has 0 amide bonds. The minimum Gasteiger partial charge on any atom is -0.268 e. The van der Waals surface area contributed by atoms with Gasteiger partial charge in [-0.25, -0.2) is 13.1 Å². The van der Waals surface area contributed by atoms with Crippen molar-refractivity contribution in [2.75, 3.05) is 0 Å². The second kappa shape index (κ2) is 7.16. The topological polar surface area (TPSA) is 76.9 Å². The number of sulfonamides is 1. The van der Waals surface area contributed by atoms with Crippen molar-refractivity contribution in [2.24, 2.45) is 7.05 Å². The van der Waals surface area contributed by atoms with E-state index in [-0.39, 0.29) is 12.3 Å². The lowest BCUT2D eigenvalue weighted by molar-refractivity contribution is 0.578. The van der Waals surface area contributed by atoms with Crippen molar-refractivity contribution in [2.45, 2.75) is 19.2 Å². The van der Waals surface area contributed by atoms with Crippen molar-refractivity contribution in [3.05, 3.63) is 71.7 Å². The van der Waals surface area contributed by atoms with Crippen LogP contribution in [0.4, 0.5) is 0 Å². The Morgan fingerprint density at radius 3 is 2.60 bits per heavy atom. The minimum absolute atomic E-state index is 0.0429. The summed E-state index contributed by atoms with van der Waals surface area (Å²) in [6, 6.07) is 13.2. The maximum absolute atomic E-state index is 12.3. The molecular weight excluding hydrogens is 336 g/mol. The SMILES string of the molecule is Cc1cccc(CS(=O)(=O)NCc2cc(-c3ccncc3)n(C)n2)c1. The molecule has 130 valence electrons. The lowest BCUT2D eigenvalue weighted by Crippen LogP contribution is -2.25. The van der Waals surface area contributed by atoms with Gasteiger partial charge >= 0.3 is 0 Å². The highest BCUT2D eigenvalue weighted by molar-refractivity contribution is 7.88. The molecule has 2 heterocycles. The first-order valence-corrected chi connectivity index (χ1v) is 9.54. The summed E-state index contributed by atoms with van der Waals surface area (Å²) in [6.07, 6.45) is 3.43. The zero-order chi connectivity index (χ0) is 17.9. The van der Waals surface area contributed by atoms with Crippen molar-refractivity contribution in [3.8, 4) is 11.3 Å². The highest BCUT2D eigenvalue weighted by atomic mass is 32.2.